The molecule has 0 aromatic heterocycles. The van der Waals surface area contributed by atoms with Gasteiger partial charge in [0.15, 0.2) is 0 Å². The molecule has 2 nitrogen and oxygen atoms in total. The minimum atomic E-state index is 0.879. The van der Waals surface area contributed by atoms with Crippen molar-refractivity contribution < 1.29 is 0 Å². The third kappa shape index (κ3) is 4.56. The topological polar surface area (TPSA) is 24.7 Å². The molecule has 0 atom stereocenters. The fourth-order valence-electron chi connectivity index (χ4n) is 2.82. The van der Waals surface area contributed by atoms with Crippen molar-refractivity contribution >= 4 is 43.0 Å². The second-order valence-electron chi connectivity index (χ2n) is 6.36. The second-order valence-corrected chi connectivity index (χ2v) is 6.36. The maximum atomic E-state index is 4.57. The predicted octanol–water partition coefficient (Wildman–Crippen LogP) is 4.96. The van der Waals surface area contributed by atoms with Gasteiger partial charge in [-0.3, -0.25) is 9.98 Å². The lowest BCUT2D eigenvalue weighted by molar-refractivity contribution is 1.40. The molecule has 132 valence electrons. The molecule has 0 heterocycles. The number of aryl methyl sites for hydroxylation is 1. The van der Waals surface area contributed by atoms with Crippen LogP contribution in [0.25, 0.3) is 18.7 Å². The van der Waals surface area contributed by atoms with Crippen molar-refractivity contribution in [3.8, 4) is 0 Å². The highest BCUT2D eigenvalue weighted by Gasteiger charge is 1.97. The molecule has 27 heavy (non-hydrogen) atoms. The predicted molar refractivity (Wildman–Crippen MR) is 119 cm³/mol. The first-order chi connectivity index (χ1) is 13.1. The first-order valence-corrected chi connectivity index (χ1v) is 8.74. The van der Waals surface area contributed by atoms with E-state index in [4.69, 9.17) is 0 Å². The zero-order chi connectivity index (χ0) is 19.2. The van der Waals surface area contributed by atoms with Crippen LogP contribution in [0, 0.1) is 6.92 Å². The van der Waals surface area contributed by atoms with E-state index in [0.717, 1.165) is 44.1 Å². The molecule has 0 saturated carbocycles. The lowest BCUT2D eigenvalue weighted by Crippen LogP contribution is -2.22. The molecule has 0 amide bonds. The number of hydrogen-bond donors (Lipinski definition) is 0. The normalized spacial score (nSPS) is 11.7. The smallest absolute Gasteiger partial charge is 0.0636 e. The molecular weight excluding hydrogens is 328 g/mol. The van der Waals surface area contributed by atoms with Crippen LogP contribution in [-0.4, -0.2) is 12.9 Å². The van der Waals surface area contributed by atoms with E-state index < -0.39 is 0 Å². The van der Waals surface area contributed by atoms with Crippen LogP contribution in [0.3, 0.4) is 0 Å². The Balaban J connectivity index is 1.89. The fraction of sp³-hybridized carbons (Fsp3) is 0.0400. The van der Waals surface area contributed by atoms with Crippen LogP contribution in [0.15, 0.2) is 77.2 Å². The lowest BCUT2D eigenvalue weighted by Gasteiger charge is -2.02. The van der Waals surface area contributed by atoms with Crippen molar-refractivity contribution in [3.63, 3.8) is 0 Å². The van der Waals surface area contributed by atoms with E-state index in [1.807, 2.05) is 66.9 Å². The summed E-state index contributed by atoms with van der Waals surface area (Å²) in [6.07, 6.45) is 5.82. The Morgan fingerprint density at radius 1 is 0.889 bits per heavy atom. The zero-order valence-electron chi connectivity index (χ0n) is 15.5. The summed E-state index contributed by atoms with van der Waals surface area (Å²) >= 11 is 0. The highest BCUT2D eigenvalue weighted by molar-refractivity contribution is 5.82. The van der Waals surface area contributed by atoms with Gasteiger partial charge in [0.05, 0.1) is 11.4 Å². The molecule has 0 bridgehead atoms. The molecule has 0 N–H and O–H groups in total. The first kappa shape index (κ1) is 18.3. The standard InChI is InChI=1S/C25H22N2/c1-5-20-7-6-8-21(15-20)17-27-25-12-10-23(19(3)14-25)16-22-9-11-24(26-4)13-18(22)2/h5-17H,1,3-4H2,2H3/b23-16-,27-17+. The zero-order valence-corrected chi connectivity index (χ0v) is 15.5. The van der Waals surface area contributed by atoms with Crippen LogP contribution in [0.5, 0.6) is 0 Å². The minimum Gasteiger partial charge on any atom is -0.265 e. The molecule has 0 spiro atoms. The first-order valence-electron chi connectivity index (χ1n) is 8.74. The van der Waals surface area contributed by atoms with Crippen molar-refractivity contribution in [2.75, 3.05) is 0 Å². The fourth-order valence-corrected chi connectivity index (χ4v) is 2.82. The van der Waals surface area contributed by atoms with Crippen molar-refractivity contribution in [2.24, 2.45) is 9.98 Å². The van der Waals surface area contributed by atoms with Crippen LogP contribution >= 0.6 is 0 Å². The third-order valence-corrected chi connectivity index (χ3v) is 4.38. The van der Waals surface area contributed by atoms with Crippen LogP contribution < -0.4 is 10.4 Å². The number of hydrogen-bond acceptors (Lipinski definition) is 2. The number of nitrogens with zero attached hydrogens (tertiary/aromatic N) is 2. The highest BCUT2D eigenvalue weighted by Crippen LogP contribution is 2.17. The Labute approximate surface area is 160 Å². The molecule has 0 aliphatic heterocycles. The minimum absolute atomic E-state index is 0.879. The Kier molecular flexibility index (Phi) is 5.58. The molecule has 3 aromatic rings. The van der Waals surface area contributed by atoms with E-state index in [-0.39, 0.29) is 0 Å². The number of aliphatic imine (C=N–C) groups is 2. The summed E-state index contributed by atoms with van der Waals surface area (Å²) in [5, 5.41) is 2.01. The van der Waals surface area contributed by atoms with Gasteiger partial charge in [0.2, 0.25) is 0 Å². The van der Waals surface area contributed by atoms with E-state index in [9.17, 15) is 0 Å². The Morgan fingerprint density at radius 3 is 2.37 bits per heavy atom. The summed E-state index contributed by atoms with van der Waals surface area (Å²) in [6, 6.07) is 20.2. The maximum Gasteiger partial charge on any atom is 0.0636 e. The largest absolute Gasteiger partial charge is 0.265 e. The average Bonchev–Trinajstić information content (AvgIpc) is 2.69. The Bertz CT molecular complexity index is 1140. The third-order valence-electron chi connectivity index (χ3n) is 4.38. The van der Waals surface area contributed by atoms with Gasteiger partial charge in [-0.1, -0.05) is 49.6 Å². The van der Waals surface area contributed by atoms with Crippen LogP contribution in [0.2, 0.25) is 0 Å². The Hall–Kier alpha value is -3.52. The monoisotopic (exact) mass is 350 g/mol. The van der Waals surface area contributed by atoms with Crippen molar-refractivity contribution in [1.29, 1.82) is 0 Å². The van der Waals surface area contributed by atoms with E-state index in [2.05, 4.69) is 48.9 Å². The summed E-state index contributed by atoms with van der Waals surface area (Å²) in [7, 11) is 0. The van der Waals surface area contributed by atoms with Gasteiger partial charge >= 0.3 is 0 Å². The van der Waals surface area contributed by atoms with E-state index in [1.165, 1.54) is 0 Å². The van der Waals surface area contributed by atoms with Gasteiger partial charge in [-0.2, -0.15) is 0 Å². The van der Waals surface area contributed by atoms with Crippen molar-refractivity contribution in [3.05, 3.63) is 99.9 Å². The Morgan fingerprint density at radius 2 is 1.67 bits per heavy atom. The van der Waals surface area contributed by atoms with Gasteiger partial charge < -0.3 is 0 Å². The van der Waals surface area contributed by atoms with Gasteiger partial charge in [0.25, 0.3) is 0 Å². The van der Waals surface area contributed by atoms with Crippen LogP contribution in [0.1, 0.15) is 22.3 Å². The van der Waals surface area contributed by atoms with Crippen LogP contribution in [0.4, 0.5) is 11.4 Å². The van der Waals surface area contributed by atoms with E-state index in [0.29, 0.717) is 0 Å². The van der Waals surface area contributed by atoms with Crippen LogP contribution in [-0.2, 0) is 0 Å². The van der Waals surface area contributed by atoms with E-state index in [1.54, 1.807) is 0 Å². The van der Waals surface area contributed by atoms with Crippen molar-refractivity contribution in [1.82, 2.24) is 0 Å². The van der Waals surface area contributed by atoms with E-state index >= 15 is 0 Å². The van der Waals surface area contributed by atoms with Gasteiger partial charge in [0.1, 0.15) is 0 Å². The molecule has 3 rings (SSSR count). The quantitative estimate of drug-likeness (QED) is 0.581. The molecule has 0 unspecified atom stereocenters. The number of benzene rings is 3. The molecule has 0 aliphatic rings. The molecule has 2 heteroatoms. The summed E-state index contributed by atoms with van der Waals surface area (Å²) in [5.74, 6) is 0. The van der Waals surface area contributed by atoms with Gasteiger partial charge in [-0.05, 0) is 82.7 Å². The summed E-state index contributed by atoms with van der Waals surface area (Å²) in [6.45, 7) is 13.6. The molecule has 0 aliphatic carbocycles. The molecule has 0 fully saturated rings. The average molecular weight is 350 g/mol. The molecule has 0 saturated heterocycles. The molecular formula is C25H22N2. The molecule has 3 aromatic carbocycles. The second kappa shape index (κ2) is 8.24. The van der Waals surface area contributed by atoms with Gasteiger partial charge in [0, 0.05) is 6.21 Å². The summed E-state index contributed by atoms with van der Waals surface area (Å²) in [5.41, 5.74) is 6.18. The highest BCUT2D eigenvalue weighted by atomic mass is 14.7. The maximum absolute atomic E-state index is 4.57. The van der Waals surface area contributed by atoms with Gasteiger partial charge in [-0.25, -0.2) is 0 Å². The van der Waals surface area contributed by atoms with Gasteiger partial charge in [-0.15, -0.1) is 0 Å². The lowest BCUT2D eigenvalue weighted by atomic mass is 10.1. The van der Waals surface area contributed by atoms with Crippen molar-refractivity contribution in [2.45, 2.75) is 6.92 Å². The number of rotatable bonds is 5. The summed E-state index contributed by atoms with van der Waals surface area (Å²) in [4.78, 5) is 8.54. The molecule has 0 radical (unpaired) electrons. The SMILES string of the molecule is C=Cc1cccc(/C=N/c2cc/c(=C/c3ccc(N=C)cc3C)c(=C)c2)c1. The summed E-state index contributed by atoms with van der Waals surface area (Å²) < 4.78 is 0.